The molecule has 0 aliphatic carbocycles. The molecule has 0 spiro atoms. The van der Waals surface area contributed by atoms with Crippen LogP contribution in [0.1, 0.15) is 31.1 Å². The Morgan fingerprint density at radius 3 is 2.95 bits per heavy atom. The van der Waals surface area contributed by atoms with Crippen molar-refractivity contribution in [2.24, 2.45) is 0 Å². The summed E-state index contributed by atoms with van der Waals surface area (Å²) < 4.78 is 2.23. The summed E-state index contributed by atoms with van der Waals surface area (Å²) in [6.07, 6.45) is 3.88. The lowest BCUT2D eigenvalue weighted by molar-refractivity contribution is 0.584. The van der Waals surface area contributed by atoms with E-state index in [1.54, 1.807) is 0 Å². The summed E-state index contributed by atoms with van der Waals surface area (Å²) in [4.78, 5) is 5.55. The van der Waals surface area contributed by atoms with Gasteiger partial charge in [-0.25, -0.2) is 4.98 Å². The first-order valence-electron chi connectivity index (χ1n) is 6.57. The van der Waals surface area contributed by atoms with Gasteiger partial charge in [0.15, 0.2) is 0 Å². The first-order valence-corrected chi connectivity index (χ1v) is 7.56. The van der Waals surface area contributed by atoms with Gasteiger partial charge in [-0.3, -0.25) is 0 Å². The minimum absolute atomic E-state index is 0.466. The molecule has 0 radical (unpaired) electrons. The standard InChI is InChI=1S/C15H21N3S/c1-12(2)18-11-17-9-14(18)10-19-15-6-4-5-13(7-15)8-16-3/h4-7,9,11-12,16H,8,10H2,1-3H3. The minimum atomic E-state index is 0.466. The summed E-state index contributed by atoms with van der Waals surface area (Å²) in [5, 5.41) is 3.18. The Hall–Kier alpha value is -1.26. The van der Waals surface area contributed by atoms with Gasteiger partial charge in [-0.2, -0.15) is 0 Å². The maximum absolute atomic E-state index is 4.24. The maximum Gasteiger partial charge on any atom is 0.0950 e. The molecule has 0 saturated carbocycles. The van der Waals surface area contributed by atoms with Crippen LogP contribution in [-0.2, 0) is 12.3 Å². The van der Waals surface area contributed by atoms with Gasteiger partial charge in [0.25, 0.3) is 0 Å². The lowest BCUT2D eigenvalue weighted by atomic mass is 10.2. The van der Waals surface area contributed by atoms with Crippen molar-refractivity contribution in [2.75, 3.05) is 7.05 Å². The van der Waals surface area contributed by atoms with Crippen LogP contribution < -0.4 is 5.32 Å². The molecule has 1 aromatic carbocycles. The molecule has 2 aromatic rings. The molecule has 0 bridgehead atoms. The van der Waals surface area contributed by atoms with Gasteiger partial charge in [-0.1, -0.05) is 12.1 Å². The Kier molecular flexibility index (Phi) is 5.05. The molecule has 4 heteroatoms. The highest BCUT2D eigenvalue weighted by molar-refractivity contribution is 7.98. The van der Waals surface area contributed by atoms with E-state index in [1.165, 1.54) is 16.2 Å². The van der Waals surface area contributed by atoms with Crippen molar-refractivity contribution in [2.45, 2.75) is 37.1 Å². The van der Waals surface area contributed by atoms with Crippen molar-refractivity contribution in [1.82, 2.24) is 14.9 Å². The monoisotopic (exact) mass is 275 g/mol. The Balaban J connectivity index is 2.02. The van der Waals surface area contributed by atoms with Crippen molar-refractivity contribution in [3.05, 3.63) is 48.0 Å². The Labute approximate surface area is 119 Å². The quantitative estimate of drug-likeness (QED) is 0.819. The number of hydrogen-bond acceptors (Lipinski definition) is 3. The molecule has 0 aliphatic rings. The second-order valence-corrected chi connectivity index (χ2v) is 5.90. The van der Waals surface area contributed by atoms with Gasteiger partial charge in [0.05, 0.1) is 6.33 Å². The van der Waals surface area contributed by atoms with Crippen LogP contribution in [0.15, 0.2) is 41.7 Å². The van der Waals surface area contributed by atoms with Gasteiger partial charge in [-0.15, -0.1) is 11.8 Å². The lowest BCUT2D eigenvalue weighted by Crippen LogP contribution is -2.04. The predicted octanol–water partition coefficient (Wildman–Crippen LogP) is 3.48. The minimum Gasteiger partial charge on any atom is -0.331 e. The van der Waals surface area contributed by atoms with E-state index >= 15 is 0 Å². The second-order valence-electron chi connectivity index (χ2n) is 4.85. The van der Waals surface area contributed by atoms with Crippen molar-refractivity contribution in [3.8, 4) is 0 Å². The highest BCUT2D eigenvalue weighted by Gasteiger charge is 2.06. The van der Waals surface area contributed by atoms with Gasteiger partial charge >= 0.3 is 0 Å². The van der Waals surface area contributed by atoms with E-state index in [1.807, 2.05) is 31.3 Å². The first kappa shape index (κ1) is 14.2. The molecule has 0 aliphatic heterocycles. The molecule has 0 fully saturated rings. The van der Waals surface area contributed by atoms with Crippen LogP contribution in [-0.4, -0.2) is 16.6 Å². The van der Waals surface area contributed by atoms with Gasteiger partial charge in [-0.05, 0) is 38.6 Å². The summed E-state index contributed by atoms with van der Waals surface area (Å²) in [7, 11) is 1.97. The number of nitrogens with one attached hydrogen (secondary N) is 1. The smallest absolute Gasteiger partial charge is 0.0950 e. The molecule has 1 aromatic heterocycles. The highest BCUT2D eigenvalue weighted by atomic mass is 32.2. The number of aromatic nitrogens is 2. The largest absolute Gasteiger partial charge is 0.331 e. The van der Waals surface area contributed by atoms with Gasteiger partial charge in [0, 0.05) is 35.1 Å². The van der Waals surface area contributed by atoms with E-state index in [-0.39, 0.29) is 0 Å². The average Bonchev–Trinajstić information content (AvgIpc) is 2.86. The number of hydrogen-bond donors (Lipinski definition) is 1. The van der Waals surface area contributed by atoms with Crippen molar-refractivity contribution in [1.29, 1.82) is 0 Å². The molecule has 2 rings (SSSR count). The Morgan fingerprint density at radius 2 is 2.21 bits per heavy atom. The molecular formula is C15H21N3S. The maximum atomic E-state index is 4.24. The summed E-state index contributed by atoms with van der Waals surface area (Å²) in [6.45, 7) is 5.28. The van der Waals surface area contributed by atoms with E-state index in [0.717, 1.165) is 12.3 Å². The second kappa shape index (κ2) is 6.78. The number of nitrogens with zero attached hydrogens (tertiary/aromatic N) is 2. The third-order valence-corrected chi connectivity index (χ3v) is 4.00. The molecule has 19 heavy (non-hydrogen) atoms. The topological polar surface area (TPSA) is 29.9 Å². The van der Waals surface area contributed by atoms with Crippen LogP contribution >= 0.6 is 11.8 Å². The molecule has 102 valence electrons. The average molecular weight is 275 g/mol. The zero-order valence-electron chi connectivity index (χ0n) is 11.8. The zero-order chi connectivity index (χ0) is 13.7. The molecule has 0 atom stereocenters. The van der Waals surface area contributed by atoms with Crippen molar-refractivity contribution in [3.63, 3.8) is 0 Å². The summed E-state index contributed by atoms with van der Waals surface area (Å²) in [5.41, 5.74) is 2.60. The lowest BCUT2D eigenvalue weighted by Gasteiger charge is -2.11. The molecular weight excluding hydrogens is 254 g/mol. The van der Waals surface area contributed by atoms with Gasteiger partial charge < -0.3 is 9.88 Å². The number of benzene rings is 1. The molecule has 0 amide bonds. The van der Waals surface area contributed by atoms with Crippen molar-refractivity contribution >= 4 is 11.8 Å². The Bertz CT molecular complexity index is 520. The number of rotatable bonds is 6. The SMILES string of the molecule is CNCc1cccc(SCc2cncn2C(C)C)c1. The molecule has 1 heterocycles. The zero-order valence-corrected chi connectivity index (χ0v) is 12.6. The summed E-state index contributed by atoms with van der Waals surface area (Å²) in [5.74, 6) is 0.960. The van der Waals surface area contributed by atoms with Crippen LogP contribution in [0.4, 0.5) is 0 Å². The van der Waals surface area contributed by atoms with E-state index in [4.69, 9.17) is 0 Å². The molecule has 0 unspecified atom stereocenters. The summed E-state index contributed by atoms with van der Waals surface area (Å²) >= 11 is 1.86. The van der Waals surface area contributed by atoms with E-state index in [2.05, 4.69) is 53.0 Å². The van der Waals surface area contributed by atoms with Crippen LogP contribution in [0.5, 0.6) is 0 Å². The fourth-order valence-corrected chi connectivity index (χ4v) is 2.96. The van der Waals surface area contributed by atoms with Gasteiger partial charge in [0.2, 0.25) is 0 Å². The Morgan fingerprint density at radius 1 is 1.37 bits per heavy atom. The van der Waals surface area contributed by atoms with E-state index < -0.39 is 0 Å². The highest BCUT2D eigenvalue weighted by Crippen LogP contribution is 2.24. The molecule has 0 saturated heterocycles. The van der Waals surface area contributed by atoms with E-state index in [9.17, 15) is 0 Å². The van der Waals surface area contributed by atoms with Crippen LogP contribution in [0, 0.1) is 0 Å². The third-order valence-electron chi connectivity index (χ3n) is 2.97. The summed E-state index contributed by atoms with van der Waals surface area (Å²) in [6, 6.07) is 9.15. The molecule has 3 nitrogen and oxygen atoms in total. The van der Waals surface area contributed by atoms with Gasteiger partial charge in [0.1, 0.15) is 0 Å². The molecule has 1 N–H and O–H groups in total. The third kappa shape index (κ3) is 3.85. The first-order chi connectivity index (χ1) is 9.20. The number of thioether (sulfide) groups is 1. The van der Waals surface area contributed by atoms with Crippen LogP contribution in [0.2, 0.25) is 0 Å². The van der Waals surface area contributed by atoms with Crippen molar-refractivity contribution < 1.29 is 0 Å². The normalized spacial score (nSPS) is 11.2. The van der Waals surface area contributed by atoms with Crippen LogP contribution in [0.3, 0.4) is 0 Å². The fourth-order valence-electron chi connectivity index (χ4n) is 2.02. The number of imidazole rings is 1. The fraction of sp³-hybridized carbons (Fsp3) is 0.400. The predicted molar refractivity (Wildman–Crippen MR) is 81.4 cm³/mol. The van der Waals surface area contributed by atoms with E-state index in [0.29, 0.717) is 6.04 Å². The van der Waals surface area contributed by atoms with Crippen LogP contribution in [0.25, 0.3) is 0 Å².